The molecule has 2 N–H and O–H groups in total. The summed E-state index contributed by atoms with van der Waals surface area (Å²) in [6.45, 7) is 5.99. The molecule has 242 valence electrons. The van der Waals surface area contributed by atoms with Crippen molar-refractivity contribution >= 4 is 33.2 Å². The number of sulfonamides is 1. The molecule has 0 bridgehead atoms. The van der Waals surface area contributed by atoms with E-state index in [0.29, 0.717) is 18.0 Å². The zero-order valence-electron chi connectivity index (χ0n) is 27.0. The first kappa shape index (κ1) is 34.0. The molecule has 2 amide bonds. The van der Waals surface area contributed by atoms with E-state index in [9.17, 15) is 18.0 Å². The van der Waals surface area contributed by atoms with Gasteiger partial charge >= 0.3 is 0 Å². The van der Waals surface area contributed by atoms with Crippen LogP contribution in [-0.2, 0) is 21.4 Å². The van der Waals surface area contributed by atoms with Gasteiger partial charge in [-0.25, -0.2) is 13.1 Å². The molecule has 1 unspecified atom stereocenters. The second-order valence-corrected chi connectivity index (χ2v) is 14.4. The molecule has 3 aromatic rings. The van der Waals surface area contributed by atoms with E-state index in [1.54, 1.807) is 18.2 Å². The molecule has 9 heteroatoms. The highest BCUT2D eigenvalue weighted by Gasteiger charge is 2.29. The third kappa shape index (κ3) is 9.82. The molecule has 0 spiro atoms. The summed E-state index contributed by atoms with van der Waals surface area (Å²) < 4.78 is 27.8. The van der Waals surface area contributed by atoms with Gasteiger partial charge in [-0.2, -0.15) is 0 Å². The Morgan fingerprint density at radius 2 is 1.49 bits per heavy atom. The molecule has 4 rings (SSSR count). The van der Waals surface area contributed by atoms with Crippen LogP contribution >= 0.6 is 0 Å². The summed E-state index contributed by atoms with van der Waals surface area (Å²) in [6.07, 6.45) is 5.86. The van der Waals surface area contributed by atoms with Crippen molar-refractivity contribution in [3.05, 3.63) is 90.0 Å². The molecule has 45 heavy (non-hydrogen) atoms. The van der Waals surface area contributed by atoms with Gasteiger partial charge in [0, 0.05) is 45.2 Å². The van der Waals surface area contributed by atoms with Gasteiger partial charge in [0.1, 0.15) is 0 Å². The van der Waals surface area contributed by atoms with Crippen molar-refractivity contribution in [2.24, 2.45) is 11.8 Å². The van der Waals surface area contributed by atoms with Gasteiger partial charge in [-0.05, 0) is 67.0 Å². The zero-order valence-corrected chi connectivity index (χ0v) is 27.9. The summed E-state index contributed by atoms with van der Waals surface area (Å²) in [5.74, 6) is -0.232. The van der Waals surface area contributed by atoms with Gasteiger partial charge in [-0.3, -0.25) is 9.59 Å². The first-order valence-corrected chi connectivity index (χ1v) is 17.5. The first-order valence-electron chi connectivity index (χ1n) is 16.1. The maximum absolute atomic E-state index is 13.8. The Morgan fingerprint density at radius 1 is 0.844 bits per heavy atom. The number of benzene rings is 3. The Labute approximate surface area is 269 Å². The van der Waals surface area contributed by atoms with E-state index in [1.165, 1.54) is 17.7 Å². The molecule has 0 aromatic heterocycles. The first-order chi connectivity index (χ1) is 21.5. The Morgan fingerprint density at radius 3 is 2.13 bits per heavy atom. The molecule has 3 aromatic carbocycles. The minimum Gasteiger partial charge on any atom is -0.373 e. The topological polar surface area (TPSA) is 98.8 Å². The van der Waals surface area contributed by atoms with Gasteiger partial charge < -0.3 is 15.1 Å². The Kier molecular flexibility index (Phi) is 12.0. The number of anilines is 2. The number of carbonyl (C=O) groups excluding carboxylic acids is 2. The van der Waals surface area contributed by atoms with Crippen molar-refractivity contribution in [3.8, 4) is 0 Å². The monoisotopic (exact) mass is 632 g/mol. The number of amides is 2. The van der Waals surface area contributed by atoms with Crippen LogP contribution in [0.5, 0.6) is 0 Å². The molecule has 0 saturated heterocycles. The maximum Gasteiger partial charge on any atom is 0.264 e. The van der Waals surface area contributed by atoms with Crippen LogP contribution in [0.2, 0.25) is 0 Å². The fraction of sp³-hybridized carbons (Fsp3) is 0.444. The smallest absolute Gasteiger partial charge is 0.264 e. The van der Waals surface area contributed by atoms with E-state index >= 15 is 0 Å². The molecule has 1 aliphatic rings. The third-order valence-corrected chi connectivity index (χ3v) is 10.00. The van der Waals surface area contributed by atoms with Crippen molar-refractivity contribution in [3.63, 3.8) is 0 Å². The van der Waals surface area contributed by atoms with E-state index in [2.05, 4.69) is 52.9 Å². The molecular formula is C36H48N4O4S. The predicted octanol–water partition coefficient (Wildman–Crippen LogP) is 6.38. The third-order valence-electron chi connectivity index (χ3n) is 8.61. The second-order valence-electron chi connectivity index (χ2n) is 12.7. The highest BCUT2D eigenvalue weighted by atomic mass is 32.2. The average molecular weight is 633 g/mol. The van der Waals surface area contributed by atoms with Crippen LogP contribution in [0.3, 0.4) is 0 Å². The second kappa shape index (κ2) is 15.9. The van der Waals surface area contributed by atoms with Gasteiger partial charge in [0.05, 0.1) is 16.3 Å². The van der Waals surface area contributed by atoms with Crippen molar-refractivity contribution in [2.75, 3.05) is 30.4 Å². The predicted molar refractivity (Wildman–Crippen MR) is 182 cm³/mol. The fourth-order valence-electron chi connectivity index (χ4n) is 5.98. The molecule has 1 aliphatic carbocycles. The van der Waals surface area contributed by atoms with Crippen molar-refractivity contribution in [1.82, 2.24) is 10.0 Å². The van der Waals surface area contributed by atoms with Gasteiger partial charge in [-0.1, -0.05) is 81.6 Å². The molecule has 0 heterocycles. The van der Waals surface area contributed by atoms with Crippen LogP contribution in [0.25, 0.3) is 0 Å². The summed E-state index contributed by atoms with van der Waals surface area (Å²) in [7, 11) is 0.113. The number of hydrogen-bond donors (Lipinski definition) is 2. The number of nitrogens with one attached hydrogen (secondary N) is 2. The zero-order chi connectivity index (χ0) is 32.4. The maximum atomic E-state index is 13.8. The Balaban J connectivity index is 1.56. The van der Waals surface area contributed by atoms with E-state index in [4.69, 9.17) is 0 Å². The minimum atomic E-state index is -4.00. The van der Waals surface area contributed by atoms with Crippen LogP contribution in [0.1, 0.15) is 74.7 Å². The van der Waals surface area contributed by atoms with Crippen LogP contribution in [0.15, 0.2) is 83.8 Å². The lowest BCUT2D eigenvalue weighted by atomic mass is 9.82. The summed E-state index contributed by atoms with van der Waals surface area (Å²) >= 11 is 0. The van der Waals surface area contributed by atoms with Gasteiger partial charge in [0.2, 0.25) is 5.91 Å². The van der Waals surface area contributed by atoms with Crippen molar-refractivity contribution in [1.29, 1.82) is 0 Å². The van der Waals surface area contributed by atoms with Gasteiger partial charge in [0.15, 0.2) is 0 Å². The molecule has 1 saturated carbocycles. The van der Waals surface area contributed by atoms with E-state index in [1.807, 2.05) is 43.4 Å². The normalized spacial score (nSPS) is 14.5. The number of nitrogens with zero attached hydrogens (tertiary/aromatic N) is 2. The summed E-state index contributed by atoms with van der Waals surface area (Å²) in [5, 5.41) is 3.14. The van der Waals surface area contributed by atoms with Crippen LogP contribution in [0.4, 0.5) is 11.4 Å². The molecule has 1 fully saturated rings. The molecule has 0 aliphatic heterocycles. The van der Waals surface area contributed by atoms with E-state index < -0.39 is 22.0 Å². The molecule has 1 atom stereocenters. The van der Waals surface area contributed by atoms with Crippen LogP contribution in [-0.4, -0.2) is 46.9 Å². The Bertz CT molecular complexity index is 1510. The van der Waals surface area contributed by atoms with E-state index in [0.717, 1.165) is 56.4 Å². The minimum absolute atomic E-state index is 0.0298. The fourth-order valence-corrected chi connectivity index (χ4v) is 7.00. The largest absolute Gasteiger partial charge is 0.373 e. The SMILES string of the molecule is CC(C)CCN(C)c1ccc(C(=O)NC(CC(=O)NS(=O)(=O)c2ccccc2)C2CCCCC2)cc1N(C)Cc1ccccc1. The molecule has 8 nitrogen and oxygen atoms in total. The van der Waals surface area contributed by atoms with Crippen LogP contribution < -0.4 is 19.8 Å². The van der Waals surface area contributed by atoms with Gasteiger partial charge in [0.25, 0.3) is 15.9 Å². The number of carbonyl (C=O) groups is 2. The van der Waals surface area contributed by atoms with Crippen LogP contribution in [0, 0.1) is 11.8 Å². The molecule has 0 radical (unpaired) electrons. The lowest BCUT2D eigenvalue weighted by molar-refractivity contribution is -0.120. The average Bonchev–Trinajstić information content (AvgIpc) is 3.04. The Hall–Kier alpha value is -3.85. The highest BCUT2D eigenvalue weighted by molar-refractivity contribution is 7.90. The quantitative estimate of drug-likeness (QED) is 0.214. The van der Waals surface area contributed by atoms with E-state index in [-0.39, 0.29) is 23.1 Å². The number of rotatable bonds is 14. The lowest BCUT2D eigenvalue weighted by Gasteiger charge is -2.31. The lowest BCUT2D eigenvalue weighted by Crippen LogP contribution is -2.45. The standard InChI is InChI=1S/C36H48N4O4S/c1-27(2)22-23-39(3)33-21-20-30(24-34(33)40(4)26-28-14-8-5-9-15-28)36(42)37-32(29-16-10-6-11-17-29)25-35(41)38-45(43,44)31-18-12-7-13-19-31/h5,7-9,12-15,18-21,24,27,29,32H,6,10-11,16-17,22-23,25-26H2,1-4H3,(H,37,42)(H,38,41). The van der Waals surface area contributed by atoms with Crippen molar-refractivity contribution < 1.29 is 18.0 Å². The molecular weight excluding hydrogens is 584 g/mol. The summed E-state index contributed by atoms with van der Waals surface area (Å²) in [4.78, 5) is 31.3. The summed E-state index contributed by atoms with van der Waals surface area (Å²) in [5.41, 5.74) is 3.65. The van der Waals surface area contributed by atoms with Gasteiger partial charge in [-0.15, -0.1) is 0 Å². The summed E-state index contributed by atoms with van der Waals surface area (Å²) in [6, 6.07) is 23.4. The van der Waals surface area contributed by atoms with Crippen molar-refractivity contribution in [2.45, 2.75) is 76.3 Å². The number of hydrogen-bond acceptors (Lipinski definition) is 6. The highest BCUT2D eigenvalue weighted by Crippen LogP contribution is 2.32.